The number of nitrogens with zero attached hydrogens (tertiary/aromatic N) is 1. The van der Waals surface area contributed by atoms with E-state index in [0.29, 0.717) is 32.3 Å². The molecule has 0 bridgehead atoms. The number of hydrogen-bond acceptors (Lipinski definition) is 3. The number of rotatable bonds is 7. The predicted molar refractivity (Wildman–Crippen MR) is 129 cm³/mol. The highest BCUT2D eigenvalue weighted by Crippen LogP contribution is 2.46. The summed E-state index contributed by atoms with van der Waals surface area (Å²) in [4.78, 5) is 3.03. The molecule has 2 aliphatic rings. The molecule has 0 saturated heterocycles. The number of nitrogens with one attached hydrogen (secondary N) is 1. The van der Waals surface area contributed by atoms with E-state index in [1.807, 2.05) is 12.1 Å². The zero-order valence-corrected chi connectivity index (χ0v) is 19.1. The number of aliphatic hydroxyl groups excluding tert-OH is 2. The molecule has 0 unspecified atom stereocenters. The van der Waals surface area contributed by atoms with Crippen molar-refractivity contribution in [1.82, 2.24) is 4.57 Å². The molecule has 174 valence electrons. The van der Waals surface area contributed by atoms with Crippen molar-refractivity contribution in [3.8, 4) is 17.0 Å². The monoisotopic (exact) mass is 449 g/mol. The van der Waals surface area contributed by atoms with Crippen LogP contribution in [-0.4, -0.2) is 53.7 Å². The number of aromatic nitrogens is 1. The summed E-state index contributed by atoms with van der Waals surface area (Å²) in [6.07, 6.45) is 6.34. The van der Waals surface area contributed by atoms with Crippen LogP contribution < -0.4 is 9.73 Å². The molecule has 1 saturated carbocycles. The zero-order chi connectivity index (χ0) is 22.6. The van der Waals surface area contributed by atoms with Crippen molar-refractivity contribution in [2.75, 3.05) is 33.0 Å². The van der Waals surface area contributed by atoms with Gasteiger partial charge in [-0.3, -0.25) is 0 Å². The van der Waals surface area contributed by atoms with Crippen LogP contribution in [0.25, 0.3) is 22.2 Å². The van der Waals surface area contributed by atoms with Gasteiger partial charge in [0.2, 0.25) is 0 Å². The first-order valence-electron chi connectivity index (χ1n) is 12.1. The molecule has 6 heteroatoms. The van der Waals surface area contributed by atoms with Gasteiger partial charge in [-0.25, -0.2) is 4.99 Å². The van der Waals surface area contributed by atoms with Gasteiger partial charge in [-0.2, -0.15) is 0 Å². The second-order valence-corrected chi connectivity index (χ2v) is 8.94. The lowest BCUT2D eigenvalue weighted by Crippen LogP contribution is -2.74. The third kappa shape index (κ3) is 4.37. The smallest absolute Gasteiger partial charge is 0.365 e. The Morgan fingerprint density at radius 1 is 1.09 bits per heavy atom. The Morgan fingerprint density at radius 3 is 2.79 bits per heavy atom. The summed E-state index contributed by atoms with van der Waals surface area (Å²) in [5.41, 5.74) is 5.80. The molecule has 5 rings (SSSR count). The lowest BCUT2D eigenvalue weighted by Gasteiger charge is -2.23. The average molecular weight is 450 g/mol. The average Bonchev–Trinajstić information content (AvgIpc) is 3.05. The molecule has 0 spiro atoms. The summed E-state index contributed by atoms with van der Waals surface area (Å²) in [7, 11) is 0. The van der Waals surface area contributed by atoms with Crippen molar-refractivity contribution >= 4 is 16.8 Å². The molecule has 1 aliphatic carbocycles. The van der Waals surface area contributed by atoms with Crippen LogP contribution in [0.2, 0.25) is 0 Å². The maximum absolute atomic E-state index is 10.7. The minimum atomic E-state index is 0.00184. The van der Waals surface area contributed by atoms with Crippen molar-refractivity contribution in [3.63, 3.8) is 0 Å². The van der Waals surface area contributed by atoms with Gasteiger partial charge in [0.25, 0.3) is 0 Å². The van der Waals surface area contributed by atoms with Crippen LogP contribution in [0, 0.1) is 0 Å². The van der Waals surface area contributed by atoms with E-state index in [1.165, 1.54) is 54.3 Å². The summed E-state index contributed by atoms with van der Waals surface area (Å²) < 4.78 is 13.8. The Bertz CT molecular complexity index is 1140. The minimum Gasteiger partial charge on any atom is -0.491 e. The molecule has 0 amide bonds. The quantitative estimate of drug-likeness (QED) is 0.294. The highest BCUT2D eigenvalue weighted by molar-refractivity contribution is 5.98. The predicted octanol–water partition coefficient (Wildman–Crippen LogP) is 3.14. The van der Waals surface area contributed by atoms with E-state index < -0.39 is 0 Å². The van der Waals surface area contributed by atoms with Gasteiger partial charge in [-0.1, -0.05) is 37.5 Å². The molecule has 6 nitrogen and oxygen atoms in total. The van der Waals surface area contributed by atoms with Crippen LogP contribution in [0.5, 0.6) is 5.75 Å². The van der Waals surface area contributed by atoms with Gasteiger partial charge in [0, 0.05) is 16.5 Å². The van der Waals surface area contributed by atoms with Gasteiger partial charge in [-0.05, 0) is 48.6 Å². The molecule has 33 heavy (non-hydrogen) atoms. The minimum absolute atomic E-state index is 0.00184. The third-order valence-corrected chi connectivity index (χ3v) is 6.88. The lowest BCUT2D eigenvalue weighted by molar-refractivity contribution is -0.469. The molecular weight excluding hydrogens is 416 g/mol. The molecule has 1 aromatic heterocycles. The molecule has 0 radical (unpaired) electrons. The molecule has 3 aromatic rings. The van der Waals surface area contributed by atoms with Gasteiger partial charge < -0.3 is 24.3 Å². The molecule has 1 fully saturated rings. The van der Waals surface area contributed by atoms with Crippen LogP contribution >= 0.6 is 0 Å². The van der Waals surface area contributed by atoms with Crippen LogP contribution in [0.3, 0.4) is 0 Å². The second-order valence-electron chi connectivity index (χ2n) is 8.94. The maximum atomic E-state index is 10.7. The van der Waals surface area contributed by atoms with Gasteiger partial charge in [-0.15, -0.1) is 0 Å². The molecule has 3 N–H and O–H groups in total. The Kier molecular flexibility index (Phi) is 6.65. The van der Waals surface area contributed by atoms with Crippen molar-refractivity contribution < 1.29 is 24.7 Å². The van der Waals surface area contributed by atoms with E-state index in [9.17, 15) is 5.11 Å². The standard InChI is InChI=1S/C27H32N2O4/c30-14-17-32-15-12-28-27(31)20-10-11-21-23(18-20)29-13-16-33-24-9-5-4-8-22(24)26(29)25(21)19-6-2-1-3-7-19/h4-5,8-11,18-19,30H,1-3,6-7,12-17H2,(H,28,31)/p+1. The molecule has 2 aromatic carbocycles. The highest BCUT2D eigenvalue weighted by atomic mass is 16.5. The first-order valence-corrected chi connectivity index (χ1v) is 12.1. The fourth-order valence-electron chi connectivity index (χ4n) is 5.40. The molecule has 2 heterocycles. The summed E-state index contributed by atoms with van der Waals surface area (Å²) in [5.74, 6) is 1.65. The molecule has 1 aliphatic heterocycles. The normalized spacial score (nSPS) is 16.8. The number of hydrogen-bond donors (Lipinski definition) is 3. The molecule has 0 atom stereocenters. The van der Waals surface area contributed by atoms with Crippen molar-refractivity contribution in [1.29, 1.82) is 0 Å². The zero-order valence-electron chi connectivity index (χ0n) is 19.1. The van der Waals surface area contributed by atoms with Crippen molar-refractivity contribution in [2.45, 2.75) is 44.6 Å². The van der Waals surface area contributed by atoms with Crippen molar-refractivity contribution in [3.05, 3.63) is 53.6 Å². The van der Waals surface area contributed by atoms with Crippen molar-refractivity contribution in [2.24, 2.45) is 0 Å². The van der Waals surface area contributed by atoms with Crippen LogP contribution in [-0.2, 0) is 11.3 Å². The Balaban J connectivity index is 1.60. The van der Waals surface area contributed by atoms with Crippen LogP contribution in [0.15, 0.2) is 42.5 Å². The van der Waals surface area contributed by atoms with Gasteiger partial charge >= 0.3 is 5.90 Å². The van der Waals surface area contributed by atoms with E-state index in [-0.39, 0.29) is 12.5 Å². The summed E-state index contributed by atoms with van der Waals surface area (Å²) in [6, 6.07) is 14.7. The van der Waals surface area contributed by atoms with Gasteiger partial charge in [0.1, 0.15) is 19.0 Å². The van der Waals surface area contributed by atoms with E-state index in [2.05, 4.69) is 39.9 Å². The summed E-state index contributed by atoms with van der Waals surface area (Å²) in [6.45, 7) is 2.61. The van der Waals surface area contributed by atoms with Gasteiger partial charge in [0.05, 0.1) is 31.0 Å². The third-order valence-electron chi connectivity index (χ3n) is 6.88. The number of fused-ring (bicyclic) bond motifs is 5. The molecular formula is C27H33N2O4+. The Hall–Kier alpha value is -2.83. The van der Waals surface area contributed by atoms with E-state index >= 15 is 0 Å². The van der Waals surface area contributed by atoms with E-state index in [0.717, 1.165) is 23.4 Å². The van der Waals surface area contributed by atoms with Crippen LogP contribution in [0.4, 0.5) is 0 Å². The highest BCUT2D eigenvalue weighted by Gasteiger charge is 2.29. The summed E-state index contributed by atoms with van der Waals surface area (Å²) >= 11 is 0. The maximum Gasteiger partial charge on any atom is 0.365 e. The second kappa shape index (κ2) is 9.98. The topological polar surface area (TPSA) is 77.8 Å². The Labute approximate surface area is 194 Å². The van der Waals surface area contributed by atoms with Gasteiger partial charge in [0.15, 0.2) is 6.54 Å². The summed E-state index contributed by atoms with van der Waals surface area (Å²) in [5, 5.41) is 20.8. The van der Waals surface area contributed by atoms with E-state index in [1.54, 1.807) is 0 Å². The van der Waals surface area contributed by atoms with Crippen LogP contribution in [0.1, 0.15) is 49.1 Å². The largest absolute Gasteiger partial charge is 0.491 e. The first kappa shape index (κ1) is 22.0. The number of ether oxygens (including phenoxy) is 2. The SMILES string of the molecule is OCCOCC[NH+]=C(O)c1ccc2c(C3CCCCC3)c3n(c2c1)CCOc1ccccc1-3. The Morgan fingerprint density at radius 2 is 1.94 bits per heavy atom. The number of para-hydroxylation sites is 1. The first-order chi connectivity index (χ1) is 16.3. The lowest BCUT2D eigenvalue weighted by atomic mass is 9.81. The number of benzene rings is 2. The van der Waals surface area contributed by atoms with E-state index in [4.69, 9.17) is 14.6 Å². The fourth-order valence-corrected chi connectivity index (χ4v) is 5.40. The number of aliphatic hydroxyl groups is 2. The fraction of sp³-hybridized carbons (Fsp3) is 0.444.